The smallest absolute Gasteiger partial charge is 1.00 e. The Balaban J connectivity index is -0.000000282. The maximum Gasteiger partial charge on any atom is 1.00 e. The molecule has 17 heavy (non-hydrogen) atoms. The first kappa shape index (κ1) is 19.5. The maximum absolute atomic E-state index is 8.74. The number of hydrogen-bond donors (Lipinski definition) is 2. The Kier molecular flexibility index (Phi) is 9.45. The summed E-state index contributed by atoms with van der Waals surface area (Å²) in [6, 6.07) is 10.7. The third-order valence-corrected chi connectivity index (χ3v) is 2.81. The Hall–Kier alpha value is 0.117. The summed E-state index contributed by atoms with van der Waals surface area (Å²) in [5.74, 6) is 0. The molecular formula is C10H19LiO4PS+. The van der Waals surface area contributed by atoms with Gasteiger partial charge in [-0.15, -0.1) is 0 Å². The van der Waals surface area contributed by atoms with Gasteiger partial charge in [0.1, 0.15) is 0 Å². The maximum atomic E-state index is 8.74. The first-order valence-corrected chi connectivity index (χ1v) is 9.33. The third kappa shape index (κ3) is 18.7. The standard InChI is InChI=1S/C10H16P.Li.H2O4S.H/c1-11(2,3)9-10-7-5-4-6-8-10;;1-5(2,3)4;/h4-8H,9H2,1-3H3;;(H2,1,2,3,4);/q2*+1;;-1. The number of hydrogen-bond acceptors (Lipinski definition) is 2. The van der Waals surface area contributed by atoms with Gasteiger partial charge in [0.25, 0.3) is 0 Å². The SMILES string of the molecule is C[P+](C)(C)Cc1ccccc1.O=S(=O)(O)O.[H-].[Li+]. The minimum absolute atomic E-state index is 0. The Morgan fingerprint density at radius 3 is 1.76 bits per heavy atom. The molecule has 0 spiro atoms. The van der Waals surface area contributed by atoms with E-state index in [9.17, 15) is 0 Å². The molecule has 0 amide bonds. The van der Waals surface area contributed by atoms with E-state index in [0.717, 1.165) is 0 Å². The van der Waals surface area contributed by atoms with E-state index in [1.54, 1.807) is 0 Å². The average molecular weight is 273 g/mol. The summed E-state index contributed by atoms with van der Waals surface area (Å²) in [4.78, 5) is 0. The molecule has 0 aliphatic heterocycles. The van der Waals surface area contributed by atoms with Gasteiger partial charge in [0.2, 0.25) is 0 Å². The second kappa shape index (κ2) is 8.26. The number of rotatable bonds is 2. The molecule has 0 aliphatic carbocycles. The largest absolute Gasteiger partial charge is 1.00 e. The van der Waals surface area contributed by atoms with E-state index in [1.165, 1.54) is 11.7 Å². The van der Waals surface area contributed by atoms with Gasteiger partial charge in [-0.1, -0.05) is 30.3 Å². The van der Waals surface area contributed by atoms with Crippen molar-refractivity contribution in [3.05, 3.63) is 35.9 Å². The molecule has 0 saturated carbocycles. The molecule has 4 nitrogen and oxygen atoms in total. The molecule has 0 radical (unpaired) electrons. The molecule has 1 rings (SSSR count). The molecule has 0 unspecified atom stereocenters. The molecule has 1 aromatic rings. The molecule has 0 bridgehead atoms. The molecule has 0 fully saturated rings. The summed E-state index contributed by atoms with van der Waals surface area (Å²) in [5.41, 5.74) is 1.48. The quantitative estimate of drug-likeness (QED) is 0.435. The van der Waals surface area contributed by atoms with Crippen LogP contribution in [-0.4, -0.2) is 37.5 Å². The van der Waals surface area contributed by atoms with Gasteiger partial charge in [-0.25, -0.2) is 0 Å². The van der Waals surface area contributed by atoms with E-state index in [0.29, 0.717) is 0 Å². The van der Waals surface area contributed by atoms with Gasteiger partial charge in [-0.2, -0.15) is 8.42 Å². The van der Waals surface area contributed by atoms with Gasteiger partial charge in [-0.3, -0.25) is 9.11 Å². The van der Waals surface area contributed by atoms with Gasteiger partial charge >= 0.3 is 29.3 Å². The summed E-state index contributed by atoms with van der Waals surface area (Å²) in [6.45, 7) is 7.12. The van der Waals surface area contributed by atoms with Crippen molar-refractivity contribution in [2.45, 2.75) is 6.16 Å². The topological polar surface area (TPSA) is 74.6 Å². The van der Waals surface area contributed by atoms with Crippen LogP contribution in [-0.2, 0) is 16.6 Å². The van der Waals surface area contributed by atoms with E-state index >= 15 is 0 Å². The third-order valence-electron chi connectivity index (χ3n) is 1.50. The van der Waals surface area contributed by atoms with Crippen LogP contribution in [0.5, 0.6) is 0 Å². The molecule has 0 heterocycles. The van der Waals surface area contributed by atoms with Crippen LogP contribution in [0.3, 0.4) is 0 Å². The fourth-order valence-electron chi connectivity index (χ4n) is 1.13. The van der Waals surface area contributed by atoms with Crippen LogP contribution in [0.1, 0.15) is 6.99 Å². The Morgan fingerprint density at radius 1 is 1.12 bits per heavy atom. The predicted molar refractivity (Wildman–Crippen MR) is 70.1 cm³/mol. The van der Waals surface area contributed by atoms with Crippen LogP contribution < -0.4 is 18.9 Å². The monoisotopic (exact) mass is 273 g/mol. The van der Waals surface area contributed by atoms with Crippen LogP contribution in [0.15, 0.2) is 30.3 Å². The molecule has 2 N–H and O–H groups in total. The average Bonchev–Trinajstić information content (AvgIpc) is 1.99. The van der Waals surface area contributed by atoms with Crippen LogP contribution >= 0.6 is 7.26 Å². The summed E-state index contributed by atoms with van der Waals surface area (Å²) >= 11 is 0. The molecule has 0 aliphatic rings. The molecule has 1 aromatic carbocycles. The fraction of sp³-hybridized carbons (Fsp3) is 0.400. The van der Waals surface area contributed by atoms with Gasteiger partial charge in [-0.05, 0) is 5.56 Å². The van der Waals surface area contributed by atoms with Gasteiger partial charge in [0.05, 0.1) is 6.16 Å². The van der Waals surface area contributed by atoms with E-state index in [-0.39, 0.29) is 20.3 Å². The minimum atomic E-state index is -4.67. The van der Waals surface area contributed by atoms with Crippen molar-refractivity contribution in [1.82, 2.24) is 0 Å². The first-order valence-electron chi connectivity index (χ1n) is 4.62. The van der Waals surface area contributed by atoms with Crippen LogP contribution in [0.4, 0.5) is 0 Å². The molecular weight excluding hydrogens is 254 g/mol. The summed E-state index contributed by atoms with van der Waals surface area (Å²) in [7, 11) is -5.30. The van der Waals surface area contributed by atoms with Gasteiger partial charge in [0.15, 0.2) is 0 Å². The summed E-state index contributed by atoms with van der Waals surface area (Å²) in [6.07, 6.45) is 1.27. The fourth-order valence-corrected chi connectivity index (χ4v) is 2.44. The van der Waals surface area contributed by atoms with Crippen molar-refractivity contribution in [1.29, 1.82) is 0 Å². The summed E-state index contributed by atoms with van der Waals surface area (Å²) < 4.78 is 31.6. The van der Waals surface area contributed by atoms with E-state index in [2.05, 4.69) is 50.3 Å². The first-order chi connectivity index (χ1) is 7.08. The van der Waals surface area contributed by atoms with Crippen LogP contribution in [0.2, 0.25) is 0 Å². The molecule has 0 atom stereocenters. The van der Waals surface area contributed by atoms with E-state index < -0.39 is 17.7 Å². The number of benzene rings is 1. The predicted octanol–water partition coefficient (Wildman–Crippen LogP) is -0.443. The van der Waals surface area contributed by atoms with Crippen LogP contribution in [0, 0.1) is 0 Å². The second-order valence-corrected chi connectivity index (χ2v) is 10.2. The van der Waals surface area contributed by atoms with Crippen LogP contribution in [0.25, 0.3) is 0 Å². The molecule has 94 valence electrons. The van der Waals surface area contributed by atoms with Gasteiger partial charge < -0.3 is 1.43 Å². The minimum Gasteiger partial charge on any atom is -1.00 e. The van der Waals surface area contributed by atoms with Crippen molar-refractivity contribution in [2.24, 2.45) is 0 Å². The summed E-state index contributed by atoms with van der Waals surface area (Å²) in [5, 5.41) is 0. The molecule has 7 heteroatoms. The van der Waals surface area contributed by atoms with E-state index in [4.69, 9.17) is 17.5 Å². The van der Waals surface area contributed by atoms with Crippen molar-refractivity contribution in [3.8, 4) is 0 Å². The Labute approximate surface area is 117 Å². The zero-order valence-corrected chi connectivity index (χ0v) is 12.4. The molecule has 0 saturated heterocycles. The second-order valence-electron chi connectivity index (χ2n) is 4.38. The van der Waals surface area contributed by atoms with Gasteiger partial charge in [0, 0.05) is 27.3 Å². The van der Waals surface area contributed by atoms with Crippen molar-refractivity contribution < 1.29 is 37.8 Å². The Bertz CT molecular complexity index is 398. The van der Waals surface area contributed by atoms with Crippen molar-refractivity contribution in [2.75, 3.05) is 20.0 Å². The van der Waals surface area contributed by atoms with Crippen molar-refractivity contribution in [3.63, 3.8) is 0 Å². The molecule has 0 aromatic heterocycles. The normalized spacial score (nSPS) is 10.9. The Morgan fingerprint density at radius 2 is 1.47 bits per heavy atom. The zero-order valence-electron chi connectivity index (χ0n) is 11.7. The van der Waals surface area contributed by atoms with Crippen molar-refractivity contribution >= 4 is 17.7 Å². The van der Waals surface area contributed by atoms with E-state index in [1.807, 2.05) is 0 Å². The zero-order chi connectivity index (χ0) is 12.8.